The Morgan fingerprint density at radius 3 is 2.31 bits per heavy atom. The summed E-state index contributed by atoms with van der Waals surface area (Å²) in [6, 6.07) is 34.9. The number of carbonyl (C=O) groups excluding carboxylic acids is 1. The highest BCUT2D eigenvalue weighted by Crippen LogP contribution is 2.26. The van der Waals surface area contributed by atoms with Gasteiger partial charge in [-0.3, -0.25) is 9.10 Å². The maximum Gasteiger partial charge on any atom is 0.264 e. The van der Waals surface area contributed by atoms with Crippen LogP contribution in [0, 0.1) is 6.92 Å². The lowest BCUT2D eigenvalue weighted by Gasteiger charge is -2.23. The fourth-order valence-corrected chi connectivity index (χ4v) is 6.02. The van der Waals surface area contributed by atoms with Crippen molar-refractivity contribution in [3.05, 3.63) is 136 Å². The monoisotopic (exact) mass is 641 g/mol. The van der Waals surface area contributed by atoms with Crippen LogP contribution in [0.1, 0.15) is 16.7 Å². The second-order valence-corrected chi connectivity index (χ2v) is 12.4. The van der Waals surface area contributed by atoms with Gasteiger partial charge in [-0.1, -0.05) is 76.1 Å². The van der Waals surface area contributed by atoms with E-state index in [1.807, 2.05) is 49.4 Å². The summed E-state index contributed by atoms with van der Waals surface area (Å²) in [5.74, 6) is 0.121. The topological polar surface area (TPSA) is 88.1 Å². The van der Waals surface area contributed by atoms with Crippen LogP contribution in [0.25, 0.3) is 10.8 Å². The van der Waals surface area contributed by atoms with Crippen LogP contribution in [0.4, 0.5) is 5.69 Å². The number of hydrogen-bond donors (Lipinski definition) is 1. The fraction of sp³-hybridized carbons (Fsp3) is 0.0909. The van der Waals surface area contributed by atoms with Crippen molar-refractivity contribution in [2.24, 2.45) is 5.10 Å². The Kier molecular flexibility index (Phi) is 9.00. The average molecular weight is 643 g/mol. The minimum absolute atomic E-state index is 0.0927. The maximum absolute atomic E-state index is 13.5. The molecule has 212 valence electrons. The number of hydrogen-bond acceptors (Lipinski definition) is 5. The molecule has 0 heterocycles. The second-order valence-electron chi connectivity index (χ2n) is 9.59. The molecule has 0 fully saturated rings. The zero-order valence-electron chi connectivity index (χ0n) is 22.8. The summed E-state index contributed by atoms with van der Waals surface area (Å²) in [7, 11) is -4.01. The molecule has 0 bridgehead atoms. The van der Waals surface area contributed by atoms with Gasteiger partial charge in [0.2, 0.25) is 0 Å². The van der Waals surface area contributed by atoms with Gasteiger partial charge >= 0.3 is 0 Å². The van der Waals surface area contributed by atoms with E-state index in [-0.39, 0.29) is 4.90 Å². The number of anilines is 1. The number of aryl methyl sites for hydroxylation is 1. The van der Waals surface area contributed by atoms with E-state index in [0.29, 0.717) is 18.0 Å². The highest BCUT2D eigenvalue weighted by atomic mass is 79.9. The largest absolute Gasteiger partial charge is 0.489 e. The molecule has 0 atom stereocenters. The minimum Gasteiger partial charge on any atom is -0.489 e. The molecule has 0 saturated heterocycles. The van der Waals surface area contributed by atoms with Crippen LogP contribution in [0.3, 0.4) is 0 Å². The number of ether oxygens (including phenoxy) is 1. The molecular weight excluding hydrogens is 614 g/mol. The quantitative estimate of drug-likeness (QED) is 0.134. The average Bonchev–Trinajstić information content (AvgIpc) is 3.00. The summed E-state index contributed by atoms with van der Waals surface area (Å²) < 4.78 is 34.8. The lowest BCUT2D eigenvalue weighted by Crippen LogP contribution is -2.39. The van der Waals surface area contributed by atoms with E-state index in [1.54, 1.807) is 36.4 Å². The predicted octanol–water partition coefficient (Wildman–Crippen LogP) is 6.84. The highest BCUT2D eigenvalue weighted by Gasteiger charge is 2.27. The summed E-state index contributed by atoms with van der Waals surface area (Å²) in [6.07, 6.45) is 1.49. The maximum atomic E-state index is 13.5. The third kappa shape index (κ3) is 7.05. The molecule has 0 aromatic heterocycles. The van der Waals surface area contributed by atoms with Crippen LogP contribution < -0.4 is 14.5 Å². The Morgan fingerprint density at radius 1 is 0.881 bits per heavy atom. The number of rotatable bonds is 10. The number of fused-ring (bicyclic) bond motifs is 1. The number of benzene rings is 5. The van der Waals surface area contributed by atoms with E-state index < -0.39 is 22.5 Å². The van der Waals surface area contributed by atoms with Crippen molar-refractivity contribution in [2.75, 3.05) is 10.8 Å². The Bertz CT molecular complexity index is 1820. The first kappa shape index (κ1) is 29.0. The third-order valence-electron chi connectivity index (χ3n) is 6.57. The molecule has 0 aliphatic heterocycles. The summed E-state index contributed by atoms with van der Waals surface area (Å²) in [5.41, 5.74) is 5.57. The Morgan fingerprint density at radius 2 is 1.57 bits per heavy atom. The lowest BCUT2D eigenvalue weighted by molar-refractivity contribution is -0.119. The number of nitrogens with zero attached hydrogens (tertiary/aromatic N) is 2. The molecular formula is C33H28BrN3O4S. The van der Waals surface area contributed by atoms with Gasteiger partial charge in [-0.25, -0.2) is 13.8 Å². The number of amides is 1. The van der Waals surface area contributed by atoms with Gasteiger partial charge in [0, 0.05) is 4.47 Å². The number of nitrogens with one attached hydrogen (secondary N) is 1. The lowest BCUT2D eigenvalue weighted by atomic mass is 10.1. The number of hydrazone groups is 1. The molecule has 5 rings (SSSR count). The molecule has 5 aromatic carbocycles. The van der Waals surface area contributed by atoms with Crippen molar-refractivity contribution >= 4 is 54.5 Å². The van der Waals surface area contributed by atoms with Crippen molar-refractivity contribution in [1.29, 1.82) is 0 Å². The van der Waals surface area contributed by atoms with Crippen molar-refractivity contribution in [3.63, 3.8) is 0 Å². The van der Waals surface area contributed by atoms with Crippen LogP contribution in [0.15, 0.2) is 130 Å². The van der Waals surface area contributed by atoms with Crippen molar-refractivity contribution in [1.82, 2.24) is 5.43 Å². The van der Waals surface area contributed by atoms with Crippen LogP contribution in [0.2, 0.25) is 0 Å². The molecule has 0 spiro atoms. The number of carbonyl (C=O) groups is 1. The second kappa shape index (κ2) is 13.0. The predicted molar refractivity (Wildman–Crippen MR) is 170 cm³/mol. The molecule has 0 aliphatic rings. The van der Waals surface area contributed by atoms with Crippen LogP contribution >= 0.6 is 15.9 Å². The Labute approximate surface area is 253 Å². The van der Waals surface area contributed by atoms with Crippen LogP contribution in [-0.4, -0.2) is 27.1 Å². The number of sulfonamides is 1. The molecule has 5 aromatic rings. The van der Waals surface area contributed by atoms with E-state index in [9.17, 15) is 13.2 Å². The first-order valence-corrected chi connectivity index (χ1v) is 15.4. The molecule has 7 nitrogen and oxygen atoms in total. The van der Waals surface area contributed by atoms with Crippen molar-refractivity contribution < 1.29 is 17.9 Å². The SMILES string of the molecule is Cc1ccc(S(=O)(=O)N(CC(=O)N/N=C\c2ccc(OCc3cccc4ccccc34)cc2)c2ccc(Br)cc2)cc1. The van der Waals surface area contributed by atoms with Crippen molar-refractivity contribution in [3.8, 4) is 5.75 Å². The molecule has 42 heavy (non-hydrogen) atoms. The van der Waals surface area contributed by atoms with Gasteiger partial charge in [0.15, 0.2) is 0 Å². The van der Waals surface area contributed by atoms with Crippen LogP contribution in [-0.2, 0) is 21.4 Å². The molecule has 0 radical (unpaired) electrons. The van der Waals surface area contributed by atoms with E-state index in [4.69, 9.17) is 4.74 Å². The van der Waals surface area contributed by atoms with Gasteiger partial charge in [-0.05, 0) is 89.5 Å². The summed E-state index contributed by atoms with van der Waals surface area (Å²) in [5, 5.41) is 6.36. The molecule has 1 N–H and O–H groups in total. The molecule has 0 aliphatic carbocycles. The summed E-state index contributed by atoms with van der Waals surface area (Å²) in [4.78, 5) is 12.9. The molecule has 0 saturated carbocycles. The Hall–Kier alpha value is -4.47. The zero-order valence-corrected chi connectivity index (χ0v) is 25.2. The third-order valence-corrected chi connectivity index (χ3v) is 8.88. The van der Waals surface area contributed by atoms with Gasteiger partial charge in [0.05, 0.1) is 16.8 Å². The van der Waals surface area contributed by atoms with Gasteiger partial charge < -0.3 is 4.74 Å². The fourth-order valence-electron chi connectivity index (χ4n) is 4.33. The normalized spacial score (nSPS) is 11.5. The summed E-state index contributed by atoms with van der Waals surface area (Å²) in [6.45, 7) is 1.86. The van der Waals surface area contributed by atoms with Crippen molar-refractivity contribution in [2.45, 2.75) is 18.4 Å². The smallest absolute Gasteiger partial charge is 0.264 e. The molecule has 0 unspecified atom stereocenters. The van der Waals surface area contributed by atoms with E-state index in [1.165, 1.54) is 23.7 Å². The zero-order chi connectivity index (χ0) is 29.5. The van der Waals surface area contributed by atoms with Gasteiger partial charge in [-0.2, -0.15) is 5.10 Å². The first-order valence-electron chi connectivity index (χ1n) is 13.2. The molecule has 1 amide bonds. The van der Waals surface area contributed by atoms with Crippen LogP contribution in [0.5, 0.6) is 5.75 Å². The standard InChI is InChI=1S/C33H28BrN3O4S/c1-24-9-19-31(20-10-24)42(39,40)37(29-15-13-28(34)14-16-29)22-33(38)36-35-21-25-11-17-30(18-12-25)41-23-27-7-4-6-26-5-2-3-8-32(26)27/h2-21H,22-23H2,1H3,(H,36,38)/b35-21-. The van der Waals surface area contributed by atoms with Gasteiger partial charge in [0.1, 0.15) is 18.9 Å². The van der Waals surface area contributed by atoms with Gasteiger partial charge in [0.25, 0.3) is 15.9 Å². The highest BCUT2D eigenvalue weighted by molar-refractivity contribution is 9.10. The van der Waals surface area contributed by atoms with E-state index >= 15 is 0 Å². The first-order chi connectivity index (χ1) is 20.3. The van der Waals surface area contributed by atoms with Gasteiger partial charge in [-0.15, -0.1) is 0 Å². The Balaban J connectivity index is 1.22. The van der Waals surface area contributed by atoms with E-state index in [2.05, 4.69) is 50.7 Å². The number of halogens is 1. The summed E-state index contributed by atoms with van der Waals surface area (Å²) >= 11 is 3.36. The molecule has 9 heteroatoms. The minimum atomic E-state index is -4.01. The van der Waals surface area contributed by atoms with E-state index in [0.717, 1.165) is 30.9 Å².